The van der Waals surface area contributed by atoms with Gasteiger partial charge in [0, 0.05) is 35.4 Å². The number of carbonyl (C=O) groups is 1. The summed E-state index contributed by atoms with van der Waals surface area (Å²) in [6.45, 7) is 1.66. The Morgan fingerprint density at radius 1 is 1.14 bits per heavy atom. The molecule has 0 saturated carbocycles. The van der Waals surface area contributed by atoms with Crippen molar-refractivity contribution in [1.29, 1.82) is 0 Å². The maximum atomic E-state index is 14.8. The lowest BCUT2D eigenvalue weighted by Crippen LogP contribution is -2.49. The van der Waals surface area contributed by atoms with Gasteiger partial charge in [-0.3, -0.25) is 4.79 Å². The van der Waals surface area contributed by atoms with Crippen molar-refractivity contribution in [3.63, 3.8) is 0 Å². The van der Waals surface area contributed by atoms with E-state index in [2.05, 4.69) is 10.3 Å². The molecule has 2 aromatic carbocycles. The molecule has 0 radical (unpaired) electrons. The van der Waals surface area contributed by atoms with Crippen LogP contribution < -0.4 is 25.3 Å². The number of amides is 1. The first-order valence-corrected chi connectivity index (χ1v) is 13.2. The topological polar surface area (TPSA) is 116 Å². The van der Waals surface area contributed by atoms with E-state index in [9.17, 15) is 27.5 Å². The number of nitrogens with one attached hydrogen (secondary N) is 1. The molecule has 1 aromatic heterocycles. The van der Waals surface area contributed by atoms with Gasteiger partial charge >= 0.3 is 6.18 Å². The summed E-state index contributed by atoms with van der Waals surface area (Å²) in [4.78, 5) is 17.6. The lowest BCUT2D eigenvalue weighted by molar-refractivity contribution is -0.184. The van der Waals surface area contributed by atoms with Gasteiger partial charge in [-0.2, -0.15) is 13.2 Å². The first-order chi connectivity index (χ1) is 19.8. The number of aromatic nitrogens is 1. The number of hydrogen-bond donors (Lipinski definition) is 3. The third-order valence-corrected chi connectivity index (χ3v) is 7.47. The molecule has 0 bridgehead atoms. The molecular weight excluding hydrogens is 558 g/mol. The van der Waals surface area contributed by atoms with Crippen molar-refractivity contribution in [2.24, 2.45) is 5.73 Å². The summed E-state index contributed by atoms with van der Waals surface area (Å²) in [6.07, 6.45) is -4.03. The van der Waals surface area contributed by atoms with Gasteiger partial charge in [-0.05, 0) is 69.2 Å². The zero-order valence-electron chi connectivity index (χ0n) is 23.7. The molecule has 0 unspecified atom stereocenters. The molecule has 0 saturated heterocycles. The summed E-state index contributed by atoms with van der Waals surface area (Å²) < 4.78 is 74.6. The fourth-order valence-electron chi connectivity index (χ4n) is 4.80. The second kappa shape index (κ2) is 11.8. The summed E-state index contributed by atoms with van der Waals surface area (Å²) in [7, 11) is 2.79. The van der Waals surface area contributed by atoms with Gasteiger partial charge < -0.3 is 30.4 Å². The Hall–Kier alpha value is -3.90. The number of hydrogen-bond acceptors (Lipinski definition) is 7. The number of pyridine rings is 1. The molecule has 0 fully saturated rings. The van der Waals surface area contributed by atoms with Crippen molar-refractivity contribution < 1.29 is 41.7 Å². The van der Waals surface area contributed by atoms with Gasteiger partial charge in [-0.25, -0.2) is 9.37 Å². The lowest BCUT2D eigenvalue weighted by Gasteiger charge is -2.33. The fourth-order valence-corrected chi connectivity index (χ4v) is 4.80. The molecule has 1 aliphatic heterocycles. The van der Waals surface area contributed by atoms with Crippen LogP contribution >= 0.6 is 0 Å². The molecule has 2 heterocycles. The van der Waals surface area contributed by atoms with Crippen molar-refractivity contribution in [3.05, 3.63) is 70.7 Å². The predicted molar refractivity (Wildman–Crippen MR) is 147 cm³/mol. The standard InChI is InChI=1S/C30H33F4N3O5/c1-28(30(32,33)34,15-36-27(39)18-12-22(40-3)20(6-5-11-38)23(13-18)41-4)24-14-21-26(42-16-29(21,2)35)25(37-24)17-7-9-19(31)10-8-17/h7-10,12-14,38H,5-6,11,15-16,35H2,1-4H3,(H,36,39)/t28-,29+/m0/s1. The molecule has 1 aliphatic rings. The Labute approximate surface area is 240 Å². The van der Waals surface area contributed by atoms with E-state index >= 15 is 0 Å². The van der Waals surface area contributed by atoms with Crippen LogP contribution in [0.4, 0.5) is 17.6 Å². The van der Waals surface area contributed by atoms with E-state index in [4.69, 9.17) is 19.9 Å². The number of aliphatic hydroxyl groups excluding tert-OH is 1. The van der Waals surface area contributed by atoms with Gasteiger partial charge in [0.05, 0.1) is 25.5 Å². The number of fused-ring (bicyclic) bond motifs is 1. The smallest absolute Gasteiger partial charge is 0.401 e. The van der Waals surface area contributed by atoms with E-state index in [1.165, 1.54) is 56.7 Å². The van der Waals surface area contributed by atoms with Crippen molar-refractivity contribution in [3.8, 4) is 28.5 Å². The Kier molecular flexibility index (Phi) is 8.70. The number of rotatable bonds is 10. The van der Waals surface area contributed by atoms with E-state index in [1.807, 2.05) is 0 Å². The number of carbonyl (C=O) groups excluding carboxylic acids is 1. The van der Waals surface area contributed by atoms with Crippen LogP contribution in [-0.4, -0.2) is 56.2 Å². The van der Waals surface area contributed by atoms with E-state index in [0.717, 1.165) is 6.92 Å². The van der Waals surface area contributed by atoms with E-state index in [0.29, 0.717) is 41.0 Å². The maximum absolute atomic E-state index is 14.8. The minimum atomic E-state index is -4.85. The quantitative estimate of drug-likeness (QED) is 0.294. The number of methoxy groups -OCH3 is 2. The van der Waals surface area contributed by atoms with Crippen LogP contribution in [0.15, 0.2) is 42.5 Å². The number of alkyl halides is 3. The normalized spacial score (nSPS) is 17.7. The highest BCUT2D eigenvalue weighted by Gasteiger charge is 2.54. The number of nitrogens with two attached hydrogens (primary N) is 1. The summed E-state index contributed by atoms with van der Waals surface area (Å²) >= 11 is 0. The fraction of sp³-hybridized carbons (Fsp3) is 0.400. The number of nitrogens with zero attached hydrogens (tertiary/aromatic N) is 1. The molecule has 3 aromatic rings. The molecule has 0 spiro atoms. The molecule has 42 heavy (non-hydrogen) atoms. The van der Waals surface area contributed by atoms with Crippen LogP contribution in [0.1, 0.15) is 47.4 Å². The maximum Gasteiger partial charge on any atom is 0.401 e. The third kappa shape index (κ3) is 5.86. The third-order valence-electron chi connectivity index (χ3n) is 7.47. The van der Waals surface area contributed by atoms with Gasteiger partial charge in [0.25, 0.3) is 5.91 Å². The largest absolute Gasteiger partial charge is 0.496 e. The van der Waals surface area contributed by atoms with Crippen LogP contribution in [0, 0.1) is 5.82 Å². The molecule has 226 valence electrons. The van der Waals surface area contributed by atoms with Crippen LogP contribution in [0.5, 0.6) is 17.2 Å². The first-order valence-electron chi connectivity index (χ1n) is 13.2. The molecule has 12 heteroatoms. The molecule has 4 rings (SSSR count). The van der Waals surface area contributed by atoms with Gasteiger partial charge in [0.1, 0.15) is 35.0 Å². The lowest BCUT2D eigenvalue weighted by atomic mass is 9.82. The summed E-state index contributed by atoms with van der Waals surface area (Å²) in [5.74, 6) is -0.475. The molecule has 0 aliphatic carbocycles. The monoisotopic (exact) mass is 591 g/mol. The highest BCUT2D eigenvalue weighted by Crippen LogP contribution is 2.47. The van der Waals surface area contributed by atoms with Crippen LogP contribution in [-0.2, 0) is 17.4 Å². The minimum absolute atomic E-state index is 0.0130. The van der Waals surface area contributed by atoms with Crippen molar-refractivity contribution in [2.75, 3.05) is 34.0 Å². The van der Waals surface area contributed by atoms with Crippen molar-refractivity contribution in [1.82, 2.24) is 10.3 Å². The first kappa shape index (κ1) is 31.0. The van der Waals surface area contributed by atoms with Gasteiger partial charge in [-0.15, -0.1) is 0 Å². The Balaban J connectivity index is 1.74. The van der Waals surface area contributed by atoms with E-state index < -0.39 is 35.4 Å². The summed E-state index contributed by atoms with van der Waals surface area (Å²) in [5.41, 5.74) is 3.63. The molecular formula is C30H33F4N3O5. The average Bonchev–Trinajstić information content (AvgIpc) is 3.27. The average molecular weight is 592 g/mol. The Morgan fingerprint density at radius 2 is 1.76 bits per heavy atom. The zero-order chi connectivity index (χ0) is 30.9. The van der Waals surface area contributed by atoms with E-state index in [1.54, 1.807) is 6.92 Å². The highest BCUT2D eigenvalue weighted by molar-refractivity contribution is 5.95. The number of aliphatic hydroxyl groups is 1. The van der Waals surface area contributed by atoms with Gasteiger partial charge in [-0.1, -0.05) is 0 Å². The number of benzene rings is 2. The summed E-state index contributed by atoms with van der Waals surface area (Å²) in [5, 5.41) is 11.6. The molecule has 2 atom stereocenters. The number of halogens is 4. The Morgan fingerprint density at radius 3 is 2.31 bits per heavy atom. The Bertz CT molecular complexity index is 1440. The molecule has 8 nitrogen and oxygen atoms in total. The van der Waals surface area contributed by atoms with Crippen LogP contribution in [0.2, 0.25) is 0 Å². The highest BCUT2D eigenvalue weighted by atomic mass is 19.4. The van der Waals surface area contributed by atoms with Crippen LogP contribution in [0.3, 0.4) is 0 Å². The van der Waals surface area contributed by atoms with Crippen LogP contribution in [0.25, 0.3) is 11.3 Å². The molecule has 4 N–H and O–H groups in total. The summed E-state index contributed by atoms with van der Waals surface area (Å²) in [6, 6.07) is 9.22. The van der Waals surface area contributed by atoms with E-state index in [-0.39, 0.29) is 35.9 Å². The second-order valence-corrected chi connectivity index (χ2v) is 10.6. The minimum Gasteiger partial charge on any atom is -0.496 e. The second-order valence-electron chi connectivity index (χ2n) is 10.6. The zero-order valence-corrected chi connectivity index (χ0v) is 23.7. The number of ether oxygens (including phenoxy) is 3. The van der Waals surface area contributed by atoms with Crippen molar-refractivity contribution in [2.45, 2.75) is 43.8 Å². The predicted octanol–water partition coefficient (Wildman–Crippen LogP) is 4.65. The molecule has 1 amide bonds. The SMILES string of the molecule is COc1cc(C(=O)NC[C@@](C)(c2cc3c(c(-c4ccc(F)cc4)n2)OC[C@@]3(C)N)C(F)(F)F)cc(OC)c1CCCO. The van der Waals surface area contributed by atoms with Crippen molar-refractivity contribution >= 4 is 5.91 Å². The van der Waals surface area contributed by atoms with Gasteiger partial charge in [0.2, 0.25) is 0 Å². The van der Waals surface area contributed by atoms with Gasteiger partial charge in [0.15, 0.2) is 5.75 Å².